The number of hydrogen-bond acceptors (Lipinski definition) is 5. The highest BCUT2D eigenvalue weighted by Crippen LogP contribution is 2.47. The maximum absolute atomic E-state index is 12.5. The highest BCUT2D eigenvalue weighted by atomic mass is 16.6. The van der Waals surface area contributed by atoms with Gasteiger partial charge in [0.05, 0.1) is 5.56 Å². The number of phenolic OH excluding ortho intramolecular Hbond substituents is 1. The lowest BCUT2D eigenvalue weighted by Crippen LogP contribution is -2.42. The number of fused-ring (bicyclic) bond motifs is 4. The molecule has 21 heavy (non-hydrogen) atoms. The summed E-state index contributed by atoms with van der Waals surface area (Å²) in [4.78, 5) is 24.6. The van der Waals surface area contributed by atoms with Crippen LogP contribution in [0.1, 0.15) is 22.0 Å². The van der Waals surface area contributed by atoms with E-state index in [-0.39, 0.29) is 17.3 Å². The molecule has 2 aliphatic heterocycles. The molecule has 4 rings (SSSR count). The van der Waals surface area contributed by atoms with E-state index in [1.165, 1.54) is 6.07 Å². The highest BCUT2D eigenvalue weighted by Gasteiger charge is 2.48. The fourth-order valence-electron chi connectivity index (χ4n) is 2.80. The number of ether oxygens (including phenoxy) is 2. The third-order valence-corrected chi connectivity index (χ3v) is 3.78. The number of carbonyl (C=O) groups excluding carboxylic acids is 2. The number of esters is 1. The van der Waals surface area contributed by atoms with Crippen LogP contribution in [0.5, 0.6) is 17.2 Å². The minimum atomic E-state index is -1.03. The van der Waals surface area contributed by atoms with Crippen LogP contribution in [0.2, 0.25) is 0 Å². The van der Waals surface area contributed by atoms with Crippen molar-refractivity contribution in [3.8, 4) is 17.2 Å². The first-order valence-corrected chi connectivity index (χ1v) is 6.50. The van der Waals surface area contributed by atoms with Crippen molar-refractivity contribution in [1.29, 1.82) is 0 Å². The van der Waals surface area contributed by atoms with Gasteiger partial charge in [0, 0.05) is 5.56 Å². The quantitative estimate of drug-likeness (QED) is 0.456. The molecule has 2 aliphatic rings. The Morgan fingerprint density at radius 1 is 1.00 bits per heavy atom. The van der Waals surface area contributed by atoms with Crippen molar-refractivity contribution in [3.63, 3.8) is 0 Å². The number of hydrogen-bond donors (Lipinski definition) is 1. The summed E-state index contributed by atoms with van der Waals surface area (Å²) >= 11 is 0. The van der Waals surface area contributed by atoms with E-state index >= 15 is 0 Å². The van der Waals surface area contributed by atoms with Crippen molar-refractivity contribution >= 4 is 11.8 Å². The molecule has 104 valence electrons. The maximum Gasteiger partial charge on any atom is 0.326 e. The van der Waals surface area contributed by atoms with Crippen LogP contribution in [0.4, 0.5) is 0 Å². The lowest BCUT2D eigenvalue weighted by atomic mass is 9.84. The van der Waals surface area contributed by atoms with Gasteiger partial charge in [-0.15, -0.1) is 0 Å². The third kappa shape index (κ3) is 1.57. The minimum absolute atomic E-state index is 0.0657. The third-order valence-electron chi connectivity index (χ3n) is 3.78. The minimum Gasteiger partial charge on any atom is -0.504 e. The van der Waals surface area contributed by atoms with Crippen LogP contribution >= 0.6 is 0 Å². The molecule has 0 radical (unpaired) electrons. The summed E-state index contributed by atoms with van der Waals surface area (Å²) in [5, 5.41) is 9.81. The molecular weight excluding hydrogens is 272 g/mol. The van der Waals surface area contributed by atoms with E-state index < -0.39 is 18.0 Å². The molecule has 0 bridgehead atoms. The zero-order valence-corrected chi connectivity index (χ0v) is 10.8. The van der Waals surface area contributed by atoms with Gasteiger partial charge in [0.15, 0.2) is 23.2 Å². The number of benzene rings is 2. The van der Waals surface area contributed by atoms with Gasteiger partial charge in [-0.2, -0.15) is 0 Å². The standard InChI is InChI=1S/C16H10O5/c17-10-6-3-5-9-14(10)21-16(19)12-13(18)8-4-1-2-7-11(8)20-15(9)12/h1-7,12,15,17H. The summed E-state index contributed by atoms with van der Waals surface area (Å²) in [6, 6.07) is 11.5. The summed E-state index contributed by atoms with van der Waals surface area (Å²) < 4.78 is 11.0. The van der Waals surface area contributed by atoms with E-state index in [1.54, 1.807) is 36.4 Å². The summed E-state index contributed by atoms with van der Waals surface area (Å²) in [6.45, 7) is 0. The fraction of sp³-hybridized carbons (Fsp3) is 0.125. The average Bonchev–Trinajstić information content (AvgIpc) is 2.48. The molecule has 2 unspecified atom stereocenters. The first-order valence-electron chi connectivity index (χ1n) is 6.50. The summed E-state index contributed by atoms with van der Waals surface area (Å²) in [5.74, 6) is -1.69. The first kappa shape index (κ1) is 12.0. The molecule has 0 fully saturated rings. The van der Waals surface area contributed by atoms with Crippen LogP contribution in [0.3, 0.4) is 0 Å². The summed E-state index contributed by atoms with van der Waals surface area (Å²) in [7, 11) is 0. The van der Waals surface area contributed by atoms with Crippen LogP contribution in [0, 0.1) is 5.92 Å². The van der Waals surface area contributed by atoms with E-state index in [9.17, 15) is 14.7 Å². The van der Waals surface area contributed by atoms with Crippen molar-refractivity contribution in [2.24, 2.45) is 5.92 Å². The molecule has 0 aliphatic carbocycles. The molecule has 5 heteroatoms. The Bertz CT molecular complexity index is 780. The smallest absolute Gasteiger partial charge is 0.326 e. The van der Waals surface area contributed by atoms with Crippen LogP contribution in [-0.4, -0.2) is 16.9 Å². The van der Waals surface area contributed by atoms with Crippen molar-refractivity contribution < 1.29 is 24.2 Å². The summed E-state index contributed by atoms with van der Waals surface area (Å²) in [6.07, 6.45) is -0.768. The number of carbonyl (C=O) groups is 2. The van der Waals surface area contributed by atoms with Gasteiger partial charge in [-0.05, 0) is 18.2 Å². The Labute approximate surface area is 119 Å². The number of ketones is 1. The van der Waals surface area contributed by atoms with Gasteiger partial charge < -0.3 is 14.6 Å². The number of Topliss-reactive ketones (excluding diaryl/α,β-unsaturated/α-hetero) is 1. The molecule has 2 aromatic rings. The van der Waals surface area contributed by atoms with Crippen molar-refractivity contribution in [1.82, 2.24) is 0 Å². The second-order valence-electron chi connectivity index (χ2n) is 4.99. The molecule has 0 saturated heterocycles. The van der Waals surface area contributed by atoms with Crippen LogP contribution in [0.15, 0.2) is 42.5 Å². The Balaban J connectivity index is 1.92. The van der Waals surface area contributed by atoms with Crippen LogP contribution in [-0.2, 0) is 4.79 Å². The molecule has 0 amide bonds. The van der Waals surface area contributed by atoms with E-state index in [1.807, 2.05) is 0 Å². The van der Waals surface area contributed by atoms with Crippen LogP contribution < -0.4 is 9.47 Å². The predicted octanol–water partition coefficient (Wildman–Crippen LogP) is 2.24. The molecule has 1 N–H and O–H groups in total. The molecular formula is C16H10O5. The normalized spacial score (nSPS) is 22.5. The molecule has 5 nitrogen and oxygen atoms in total. The Morgan fingerprint density at radius 2 is 1.81 bits per heavy atom. The second kappa shape index (κ2) is 4.09. The predicted molar refractivity (Wildman–Crippen MR) is 71.4 cm³/mol. The van der Waals surface area contributed by atoms with Gasteiger partial charge in [-0.1, -0.05) is 24.3 Å². The zero-order valence-electron chi connectivity index (χ0n) is 10.8. The van der Waals surface area contributed by atoms with Gasteiger partial charge in [-0.25, -0.2) is 0 Å². The molecule has 0 aromatic heterocycles. The molecule has 0 spiro atoms. The molecule has 0 saturated carbocycles. The maximum atomic E-state index is 12.5. The van der Waals surface area contributed by atoms with Crippen LogP contribution in [0.25, 0.3) is 0 Å². The fourth-order valence-corrected chi connectivity index (χ4v) is 2.80. The van der Waals surface area contributed by atoms with E-state index in [2.05, 4.69) is 0 Å². The van der Waals surface area contributed by atoms with Gasteiger partial charge in [-0.3, -0.25) is 9.59 Å². The first-order chi connectivity index (χ1) is 10.2. The Morgan fingerprint density at radius 3 is 2.67 bits per heavy atom. The van der Waals surface area contributed by atoms with Gasteiger partial charge in [0.25, 0.3) is 0 Å². The lowest BCUT2D eigenvalue weighted by Gasteiger charge is -2.35. The number of para-hydroxylation sites is 2. The zero-order chi connectivity index (χ0) is 14.6. The van der Waals surface area contributed by atoms with E-state index in [4.69, 9.17) is 9.47 Å². The second-order valence-corrected chi connectivity index (χ2v) is 4.99. The number of phenols is 1. The van der Waals surface area contributed by atoms with E-state index in [0.717, 1.165) is 0 Å². The molecule has 2 heterocycles. The number of aromatic hydroxyl groups is 1. The van der Waals surface area contributed by atoms with Crippen molar-refractivity contribution in [2.75, 3.05) is 0 Å². The average molecular weight is 282 g/mol. The van der Waals surface area contributed by atoms with Gasteiger partial charge in [0.1, 0.15) is 11.9 Å². The Kier molecular flexibility index (Phi) is 2.33. The molecule has 2 atom stereocenters. The van der Waals surface area contributed by atoms with Gasteiger partial charge >= 0.3 is 5.97 Å². The topological polar surface area (TPSA) is 72.8 Å². The van der Waals surface area contributed by atoms with Crippen molar-refractivity contribution in [3.05, 3.63) is 53.6 Å². The molecule has 2 aromatic carbocycles. The SMILES string of the molecule is O=C1Oc2c(O)cccc2C2Oc3ccccc3C(=O)C12. The highest BCUT2D eigenvalue weighted by molar-refractivity contribution is 6.12. The largest absolute Gasteiger partial charge is 0.504 e. The number of rotatable bonds is 0. The Hall–Kier alpha value is -2.82. The lowest BCUT2D eigenvalue weighted by molar-refractivity contribution is -0.142. The van der Waals surface area contributed by atoms with E-state index in [0.29, 0.717) is 16.9 Å². The summed E-state index contributed by atoms with van der Waals surface area (Å²) in [5.41, 5.74) is 0.877. The monoisotopic (exact) mass is 282 g/mol. The van der Waals surface area contributed by atoms with Gasteiger partial charge in [0.2, 0.25) is 0 Å². The van der Waals surface area contributed by atoms with Crippen molar-refractivity contribution in [2.45, 2.75) is 6.10 Å².